The Balaban J connectivity index is 1.75. The van der Waals surface area contributed by atoms with E-state index >= 15 is 0 Å². The standard InChI is InChI=1S/C15H11ClN2O2S/c16-13-6-5-12(21-13)15(19)18-9-10-3-1-7-17-14(10)11-4-2-8-20-11/h1-8H,9H2,(H,18,19). The Labute approximate surface area is 130 Å². The van der Waals surface area contributed by atoms with Crippen molar-refractivity contribution in [2.75, 3.05) is 0 Å². The van der Waals surface area contributed by atoms with Crippen LogP contribution in [0.4, 0.5) is 0 Å². The predicted molar refractivity (Wildman–Crippen MR) is 82.4 cm³/mol. The molecule has 1 N–H and O–H groups in total. The molecule has 21 heavy (non-hydrogen) atoms. The highest BCUT2D eigenvalue weighted by atomic mass is 35.5. The molecule has 0 saturated heterocycles. The average Bonchev–Trinajstić information content (AvgIpc) is 3.16. The molecule has 0 spiro atoms. The van der Waals surface area contributed by atoms with Gasteiger partial charge in [-0.1, -0.05) is 17.7 Å². The fourth-order valence-corrected chi connectivity index (χ4v) is 2.87. The number of aromatic nitrogens is 1. The summed E-state index contributed by atoms with van der Waals surface area (Å²) in [6.45, 7) is 0.373. The predicted octanol–water partition coefficient (Wildman–Crippen LogP) is 3.99. The van der Waals surface area contributed by atoms with Gasteiger partial charge in [0.15, 0.2) is 5.76 Å². The molecule has 3 aromatic heterocycles. The molecule has 1 amide bonds. The fraction of sp³-hybridized carbons (Fsp3) is 0.0667. The van der Waals surface area contributed by atoms with Crippen LogP contribution in [0.1, 0.15) is 15.2 Å². The Morgan fingerprint density at radius 3 is 2.90 bits per heavy atom. The van der Waals surface area contributed by atoms with Crippen molar-refractivity contribution < 1.29 is 9.21 Å². The smallest absolute Gasteiger partial charge is 0.261 e. The first-order valence-electron chi connectivity index (χ1n) is 6.25. The van der Waals surface area contributed by atoms with Gasteiger partial charge in [0, 0.05) is 18.3 Å². The summed E-state index contributed by atoms with van der Waals surface area (Å²) in [6, 6.07) is 10.8. The molecule has 3 rings (SSSR count). The normalized spacial score (nSPS) is 10.5. The van der Waals surface area contributed by atoms with E-state index in [-0.39, 0.29) is 5.91 Å². The van der Waals surface area contributed by atoms with Crippen LogP contribution < -0.4 is 5.32 Å². The summed E-state index contributed by atoms with van der Waals surface area (Å²) in [4.78, 5) is 16.9. The average molecular weight is 319 g/mol. The number of nitrogens with one attached hydrogen (secondary N) is 1. The van der Waals surface area contributed by atoms with Crippen LogP contribution in [0.5, 0.6) is 0 Å². The van der Waals surface area contributed by atoms with Crippen LogP contribution in [0.2, 0.25) is 4.34 Å². The highest BCUT2D eigenvalue weighted by Gasteiger charge is 2.12. The fourth-order valence-electron chi connectivity index (χ4n) is 1.92. The van der Waals surface area contributed by atoms with Crippen LogP contribution in [0, 0.1) is 0 Å². The highest BCUT2D eigenvalue weighted by molar-refractivity contribution is 7.17. The van der Waals surface area contributed by atoms with Gasteiger partial charge in [-0.15, -0.1) is 11.3 Å². The van der Waals surface area contributed by atoms with Crippen LogP contribution >= 0.6 is 22.9 Å². The molecule has 0 unspecified atom stereocenters. The SMILES string of the molecule is O=C(NCc1cccnc1-c1ccco1)c1ccc(Cl)s1. The monoisotopic (exact) mass is 318 g/mol. The first-order chi connectivity index (χ1) is 10.2. The van der Waals surface area contributed by atoms with E-state index < -0.39 is 0 Å². The topological polar surface area (TPSA) is 55.1 Å². The van der Waals surface area contributed by atoms with Crippen LogP contribution in [0.3, 0.4) is 0 Å². The van der Waals surface area contributed by atoms with Crippen molar-refractivity contribution in [1.82, 2.24) is 10.3 Å². The minimum atomic E-state index is -0.152. The summed E-state index contributed by atoms with van der Waals surface area (Å²) in [5.74, 6) is 0.528. The molecule has 3 heterocycles. The number of hydrogen-bond acceptors (Lipinski definition) is 4. The Kier molecular flexibility index (Phi) is 4.03. The van der Waals surface area contributed by atoms with E-state index in [2.05, 4.69) is 10.3 Å². The molecule has 0 bridgehead atoms. The van der Waals surface area contributed by atoms with E-state index in [1.54, 1.807) is 30.7 Å². The lowest BCUT2D eigenvalue weighted by molar-refractivity contribution is 0.0955. The molecule has 0 radical (unpaired) electrons. The second-order valence-electron chi connectivity index (χ2n) is 4.27. The zero-order valence-electron chi connectivity index (χ0n) is 10.9. The van der Waals surface area contributed by atoms with Gasteiger partial charge in [0.1, 0.15) is 5.69 Å². The number of carbonyl (C=O) groups excluding carboxylic acids is 1. The maximum atomic E-state index is 12.0. The molecule has 0 aliphatic heterocycles. The zero-order chi connectivity index (χ0) is 14.7. The molecule has 0 aliphatic carbocycles. The third-order valence-corrected chi connectivity index (χ3v) is 4.11. The van der Waals surface area contributed by atoms with E-state index in [1.807, 2.05) is 18.2 Å². The molecular weight excluding hydrogens is 308 g/mol. The number of furan rings is 1. The van der Waals surface area contributed by atoms with Crippen molar-refractivity contribution >= 4 is 28.8 Å². The lowest BCUT2D eigenvalue weighted by Gasteiger charge is -2.07. The molecule has 6 heteroatoms. The summed E-state index contributed by atoms with van der Waals surface area (Å²) in [5.41, 5.74) is 1.62. The second kappa shape index (κ2) is 6.11. The van der Waals surface area contributed by atoms with Crippen molar-refractivity contribution in [2.24, 2.45) is 0 Å². The third kappa shape index (κ3) is 3.15. The molecule has 0 aliphatic rings. The van der Waals surface area contributed by atoms with Crippen LogP contribution in [0.15, 0.2) is 53.3 Å². The largest absolute Gasteiger partial charge is 0.463 e. The van der Waals surface area contributed by atoms with Crippen LogP contribution in [-0.2, 0) is 6.54 Å². The maximum absolute atomic E-state index is 12.0. The van der Waals surface area contributed by atoms with Crippen molar-refractivity contribution in [2.45, 2.75) is 6.54 Å². The van der Waals surface area contributed by atoms with Gasteiger partial charge in [-0.2, -0.15) is 0 Å². The Hall–Kier alpha value is -2.11. The van der Waals surface area contributed by atoms with Gasteiger partial charge >= 0.3 is 0 Å². The minimum Gasteiger partial charge on any atom is -0.463 e. The molecule has 0 atom stereocenters. The van der Waals surface area contributed by atoms with Gasteiger partial charge in [-0.3, -0.25) is 9.78 Å². The van der Waals surface area contributed by atoms with Gasteiger partial charge in [0.2, 0.25) is 0 Å². The first kappa shape index (κ1) is 13.9. The summed E-state index contributed by atoms with van der Waals surface area (Å²) < 4.78 is 5.96. The lowest BCUT2D eigenvalue weighted by atomic mass is 10.1. The molecule has 3 aromatic rings. The maximum Gasteiger partial charge on any atom is 0.261 e. The van der Waals surface area contributed by atoms with Crippen molar-refractivity contribution in [1.29, 1.82) is 0 Å². The summed E-state index contributed by atoms with van der Waals surface area (Å²) in [5, 5.41) is 2.86. The van der Waals surface area contributed by atoms with Gasteiger partial charge in [0.05, 0.1) is 15.5 Å². The second-order valence-corrected chi connectivity index (χ2v) is 5.99. The summed E-state index contributed by atoms with van der Waals surface area (Å²) >= 11 is 7.08. The van der Waals surface area contributed by atoms with Gasteiger partial charge in [-0.05, 0) is 30.3 Å². The zero-order valence-corrected chi connectivity index (χ0v) is 12.4. The van der Waals surface area contributed by atoms with E-state index in [0.717, 1.165) is 11.3 Å². The summed E-state index contributed by atoms with van der Waals surface area (Å²) in [6.07, 6.45) is 3.29. The molecular formula is C15H11ClN2O2S. The van der Waals surface area contributed by atoms with Gasteiger partial charge in [0.25, 0.3) is 5.91 Å². The number of carbonyl (C=O) groups is 1. The van der Waals surface area contributed by atoms with E-state index in [4.69, 9.17) is 16.0 Å². The molecule has 4 nitrogen and oxygen atoms in total. The Bertz CT molecular complexity index is 753. The Morgan fingerprint density at radius 2 is 2.19 bits per heavy atom. The van der Waals surface area contributed by atoms with Crippen LogP contribution in [0.25, 0.3) is 11.5 Å². The molecule has 106 valence electrons. The van der Waals surface area contributed by atoms with Crippen molar-refractivity contribution in [3.05, 3.63) is 63.6 Å². The van der Waals surface area contributed by atoms with Gasteiger partial charge < -0.3 is 9.73 Å². The minimum absolute atomic E-state index is 0.152. The van der Waals surface area contributed by atoms with E-state index in [0.29, 0.717) is 21.5 Å². The van der Waals surface area contributed by atoms with Crippen molar-refractivity contribution in [3.63, 3.8) is 0 Å². The number of halogens is 1. The van der Waals surface area contributed by atoms with Crippen LogP contribution in [-0.4, -0.2) is 10.9 Å². The number of amides is 1. The lowest BCUT2D eigenvalue weighted by Crippen LogP contribution is -2.22. The number of nitrogens with zero attached hydrogens (tertiary/aromatic N) is 1. The number of thiophene rings is 1. The first-order valence-corrected chi connectivity index (χ1v) is 7.45. The van der Waals surface area contributed by atoms with E-state index in [9.17, 15) is 4.79 Å². The number of pyridine rings is 1. The molecule has 0 saturated carbocycles. The summed E-state index contributed by atoms with van der Waals surface area (Å²) in [7, 11) is 0. The van der Waals surface area contributed by atoms with Crippen molar-refractivity contribution in [3.8, 4) is 11.5 Å². The third-order valence-electron chi connectivity index (χ3n) is 2.88. The molecule has 0 fully saturated rings. The quantitative estimate of drug-likeness (QED) is 0.791. The molecule has 0 aromatic carbocycles. The highest BCUT2D eigenvalue weighted by Crippen LogP contribution is 2.23. The number of hydrogen-bond donors (Lipinski definition) is 1. The van der Waals surface area contributed by atoms with Gasteiger partial charge in [-0.25, -0.2) is 0 Å². The number of rotatable bonds is 4. The van der Waals surface area contributed by atoms with E-state index in [1.165, 1.54) is 11.3 Å². The Morgan fingerprint density at radius 1 is 1.29 bits per heavy atom.